The van der Waals surface area contributed by atoms with Gasteiger partial charge in [0.25, 0.3) is 5.91 Å². The second-order valence-corrected chi connectivity index (χ2v) is 10.1. The van der Waals surface area contributed by atoms with E-state index in [-0.39, 0.29) is 11.9 Å². The Bertz CT molecular complexity index is 1130. The monoisotopic (exact) mass is 522 g/mol. The van der Waals surface area contributed by atoms with Crippen molar-refractivity contribution in [1.82, 2.24) is 20.1 Å². The molecule has 3 aromatic rings. The Kier molecular flexibility index (Phi) is 9.27. The Labute approximate surface area is 213 Å². The molecule has 0 radical (unpaired) electrons. The van der Waals surface area contributed by atoms with E-state index in [1.54, 1.807) is 36.4 Å². The zero-order valence-corrected chi connectivity index (χ0v) is 21.5. The number of nitrogens with one attached hydrogen (secondary N) is 1. The fourth-order valence-electron chi connectivity index (χ4n) is 3.33. The first-order valence-electron chi connectivity index (χ1n) is 10.5. The van der Waals surface area contributed by atoms with Gasteiger partial charge in [-0.3, -0.25) is 4.79 Å². The topological polar surface area (TPSA) is 59.8 Å². The molecule has 5 nitrogen and oxygen atoms in total. The molecule has 1 atom stereocenters. The number of amides is 1. The molecule has 0 aliphatic carbocycles. The number of aromatic nitrogens is 3. The lowest BCUT2D eigenvalue weighted by Gasteiger charge is -2.21. The standard InChI is InChI=1S/C24H25Cl3N4OS/c1-4-11-31-22(29-30-24(31)33-14-16-9-10-17(25)13-20(16)27)21(12-15(2)3)28-23(32)18-7-5-6-8-19(18)26/h4-10,13,15,21H,1,11-12,14H2,2-3H3,(H,28,32)/t21-/m1/s1. The van der Waals surface area contributed by atoms with Crippen molar-refractivity contribution in [3.8, 4) is 0 Å². The Morgan fingerprint density at radius 3 is 2.58 bits per heavy atom. The van der Waals surface area contributed by atoms with Gasteiger partial charge in [-0.1, -0.05) is 84.7 Å². The molecular weight excluding hydrogens is 499 g/mol. The smallest absolute Gasteiger partial charge is 0.253 e. The number of nitrogens with zero attached hydrogens (tertiary/aromatic N) is 3. The second-order valence-electron chi connectivity index (χ2n) is 7.90. The van der Waals surface area contributed by atoms with Crippen LogP contribution in [0.2, 0.25) is 15.1 Å². The number of carbonyl (C=O) groups excluding carboxylic acids is 1. The number of benzene rings is 2. The Balaban J connectivity index is 1.87. The molecule has 0 spiro atoms. The molecule has 0 saturated heterocycles. The summed E-state index contributed by atoms with van der Waals surface area (Å²) >= 11 is 20.1. The number of carbonyl (C=O) groups is 1. The van der Waals surface area contributed by atoms with Crippen molar-refractivity contribution in [3.05, 3.63) is 87.1 Å². The van der Waals surface area contributed by atoms with Crippen molar-refractivity contribution in [2.75, 3.05) is 0 Å². The van der Waals surface area contributed by atoms with Gasteiger partial charge in [-0.25, -0.2) is 0 Å². The van der Waals surface area contributed by atoms with Gasteiger partial charge in [-0.2, -0.15) is 0 Å². The number of rotatable bonds is 10. The van der Waals surface area contributed by atoms with Gasteiger partial charge in [0.1, 0.15) is 0 Å². The highest BCUT2D eigenvalue weighted by Gasteiger charge is 2.25. The summed E-state index contributed by atoms with van der Waals surface area (Å²) in [5.74, 6) is 1.35. The molecule has 1 amide bonds. The third-order valence-corrected chi connectivity index (χ3v) is 6.80. The van der Waals surface area contributed by atoms with Crippen LogP contribution >= 0.6 is 46.6 Å². The number of thioether (sulfide) groups is 1. The minimum absolute atomic E-state index is 0.249. The normalized spacial score (nSPS) is 12.1. The van der Waals surface area contributed by atoms with E-state index in [9.17, 15) is 4.79 Å². The van der Waals surface area contributed by atoms with E-state index in [2.05, 4.69) is 35.9 Å². The van der Waals surface area contributed by atoms with Gasteiger partial charge in [0.15, 0.2) is 11.0 Å². The molecule has 0 aliphatic rings. The summed E-state index contributed by atoms with van der Waals surface area (Å²) in [6.07, 6.45) is 2.48. The summed E-state index contributed by atoms with van der Waals surface area (Å²) in [4.78, 5) is 13.0. The molecule has 0 fully saturated rings. The molecular formula is C24H25Cl3N4OS. The molecule has 2 aromatic carbocycles. The van der Waals surface area contributed by atoms with E-state index in [0.717, 1.165) is 10.7 Å². The van der Waals surface area contributed by atoms with E-state index in [4.69, 9.17) is 34.8 Å². The minimum atomic E-state index is -0.338. The number of halogens is 3. The van der Waals surface area contributed by atoms with Crippen LogP contribution in [0.5, 0.6) is 0 Å². The van der Waals surface area contributed by atoms with Crippen LogP contribution in [0.25, 0.3) is 0 Å². The molecule has 1 heterocycles. The van der Waals surface area contributed by atoms with Crippen LogP contribution in [-0.4, -0.2) is 20.7 Å². The summed E-state index contributed by atoms with van der Waals surface area (Å²) in [7, 11) is 0. The Morgan fingerprint density at radius 2 is 1.91 bits per heavy atom. The lowest BCUT2D eigenvalue weighted by Crippen LogP contribution is -2.31. The van der Waals surface area contributed by atoms with Crippen LogP contribution in [0, 0.1) is 5.92 Å². The Morgan fingerprint density at radius 1 is 1.15 bits per heavy atom. The van der Waals surface area contributed by atoms with E-state index in [1.807, 2.05) is 16.7 Å². The maximum atomic E-state index is 13.0. The quantitative estimate of drug-likeness (QED) is 0.225. The van der Waals surface area contributed by atoms with E-state index in [0.29, 0.717) is 51.1 Å². The van der Waals surface area contributed by atoms with Crippen molar-refractivity contribution >= 4 is 52.5 Å². The molecule has 0 unspecified atom stereocenters. The van der Waals surface area contributed by atoms with Gasteiger partial charge < -0.3 is 9.88 Å². The van der Waals surface area contributed by atoms with Crippen molar-refractivity contribution in [3.63, 3.8) is 0 Å². The fourth-order valence-corrected chi connectivity index (χ4v) is 5.06. The maximum Gasteiger partial charge on any atom is 0.253 e. The first-order valence-corrected chi connectivity index (χ1v) is 12.6. The lowest BCUT2D eigenvalue weighted by molar-refractivity contribution is 0.0929. The van der Waals surface area contributed by atoms with E-state index in [1.165, 1.54) is 11.8 Å². The highest BCUT2D eigenvalue weighted by atomic mass is 35.5. The summed E-state index contributed by atoms with van der Waals surface area (Å²) < 4.78 is 1.97. The molecule has 0 saturated carbocycles. The average Bonchev–Trinajstić information content (AvgIpc) is 3.15. The summed E-state index contributed by atoms with van der Waals surface area (Å²) in [5, 5.41) is 14.3. The summed E-state index contributed by atoms with van der Waals surface area (Å²) in [6.45, 7) is 8.58. The van der Waals surface area contributed by atoms with Crippen molar-refractivity contribution in [2.45, 2.75) is 43.8 Å². The zero-order chi connectivity index (χ0) is 24.0. The maximum absolute atomic E-state index is 13.0. The molecule has 0 bridgehead atoms. The molecule has 174 valence electrons. The SMILES string of the molecule is C=CCn1c(SCc2ccc(Cl)cc2Cl)nnc1[C@@H](CC(C)C)NC(=O)c1ccccc1Cl. The largest absolute Gasteiger partial charge is 0.342 e. The van der Waals surface area contributed by atoms with Gasteiger partial charge >= 0.3 is 0 Å². The van der Waals surface area contributed by atoms with Crippen LogP contribution in [0.3, 0.4) is 0 Å². The van der Waals surface area contributed by atoms with Gasteiger partial charge in [-0.05, 0) is 42.2 Å². The first kappa shape index (κ1) is 25.6. The van der Waals surface area contributed by atoms with Crippen LogP contribution in [0.1, 0.15) is 48.1 Å². The van der Waals surface area contributed by atoms with Crippen LogP contribution in [-0.2, 0) is 12.3 Å². The van der Waals surface area contributed by atoms with Crippen LogP contribution < -0.4 is 5.32 Å². The average molecular weight is 524 g/mol. The molecule has 1 aromatic heterocycles. The minimum Gasteiger partial charge on any atom is -0.342 e. The Hall–Kier alpha value is -1.99. The predicted molar refractivity (Wildman–Crippen MR) is 137 cm³/mol. The number of hydrogen-bond donors (Lipinski definition) is 1. The summed E-state index contributed by atoms with van der Waals surface area (Å²) in [6, 6.07) is 12.1. The third kappa shape index (κ3) is 6.76. The summed E-state index contributed by atoms with van der Waals surface area (Å²) in [5.41, 5.74) is 1.38. The van der Waals surface area contributed by atoms with Gasteiger partial charge in [0.2, 0.25) is 0 Å². The predicted octanol–water partition coefficient (Wildman–Crippen LogP) is 7.23. The highest BCUT2D eigenvalue weighted by molar-refractivity contribution is 7.98. The van der Waals surface area contributed by atoms with E-state index >= 15 is 0 Å². The van der Waals surface area contributed by atoms with Gasteiger partial charge in [0.05, 0.1) is 16.6 Å². The highest BCUT2D eigenvalue weighted by Crippen LogP contribution is 2.30. The lowest BCUT2D eigenvalue weighted by atomic mass is 10.0. The molecule has 9 heteroatoms. The van der Waals surface area contributed by atoms with Crippen molar-refractivity contribution in [1.29, 1.82) is 0 Å². The second kappa shape index (κ2) is 11.9. The van der Waals surface area contributed by atoms with Crippen molar-refractivity contribution < 1.29 is 4.79 Å². The van der Waals surface area contributed by atoms with Gasteiger partial charge in [-0.15, -0.1) is 16.8 Å². The van der Waals surface area contributed by atoms with Crippen LogP contribution in [0.15, 0.2) is 60.3 Å². The molecule has 3 rings (SSSR count). The van der Waals surface area contributed by atoms with Gasteiger partial charge in [0, 0.05) is 22.3 Å². The first-order chi connectivity index (χ1) is 15.8. The number of hydrogen-bond acceptors (Lipinski definition) is 4. The fraction of sp³-hybridized carbons (Fsp3) is 0.292. The van der Waals surface area contributed by atoms with Crippen LogP contribution in [0.4, 0.5) is 0 Å². The molecule has 33 heavy (non-hydrogen) atoms. The van der Waals surface area contributed by atoms with E-state index < -0.39 is 0 Å². The molecule has 0 aliphatic heterocycles. The number of allylic oxidation sites excluding steroid dienone is 1. The third-order valence-electron chi connectivity index (χ3n) is 4.87. The zero-order valence-electron chi connectivity index (χ0n) is 18.4. The molecule has 1 N–H and O–H groups in total. The van der Waals surface area contributed by atoms with Crippen molar-refractivity contribution in [2.24, 2.45) is 5.92 Å².